The van der Waals surface area contributed by atoms with Crippen molar-refractivity contribution in [1.29, 1.82) is 0 Å². The second-order valence-corrected chi connectivity index (χ2v) is 4.38. The van der Waals surface area contributed by atoms with Gasteiger partial charge in [0.05, 0.1) is 17.8 Å². The molecule has 2 heterocycles. The van der Waals surface area contributed by atoms with Crippen LogP contribution in [-0.4, -0.2) is 22.4 Å². The van der Waals surface area contributed by atoms with Crippen LogP contribution >= 0.6 is 11.6 Å². The summed E-state index contributed by atoms with van der Waals surface area (Å²) in [6.07, 6.45) is 5.43. The van der Waals surface area contributed by atoms with Crippen LogP contribution in [0, 0.1) is 0 Å². The van der Waals surface area contributed by atoms with Crippen molar-refractivity contribution in [2.75, 3.05) is 6.61 Å². The minimum atomic E-state index is -0.203. The number of aromatic nitrogens is 2. The topological polar surface area (TPSA) is 52.1 Å². The maximum atomic E-state index is 12.2. The average molecular weight is 277 g/mol. The van der Waals surface area contributed by atoms with E-state index in [0.717, 1.165) is 6.42 Å². The van der Waals surface area contributed by atoms with Gasteiger partial charge in [-0.1, -0.05) is 18.5 Å². The Morgan fingerprint density at radius 2 is 2.16 bits per heavy atom. The van der Waals surface area contributed by atoms with E-state index in [-0.39, 0.29) is 5.78 Å². The SMILES string of the molecule is CCCOc1cncc(C(=O)c2ccc(Cl)cn2)c1. The van der Waals surface area contributed by atoms with Gasteiger partial charge < -0.3 is 4.74 Å². The van der Waals surface area contributed by atoms with Gasteiger partial charge in [-0.2, -0.15) is 0 Å². The first-order chi connectivity index (χ1) is 9.20. The van der Waals surface area contributed by atoms with Crippen LogP contribution in [0.3, 0.4) is 0 Å². The predicted octanol–water partition coefficient (Wildman–Crippen LogP) is 3.15. The molecule has 0 aliphatic carbocycles. The first-order valence-corrected chi connectivity index (χ1v) is 6.32. The molecule has 19 heavy (non-hydrogen) atoms. The van der Waals surface area contributed by atoms with Crippen LogP contribution in [-0.2, 0) is 0 Å². The maximum absolute atomic E-state index is 12.2. The lowest BCUT2D eigenvalue weighted by molar-refractivity contribution is 0.103. The van der Waals surface area contributed by atoms with E-state index < -0.39 is 0 Å². The molecule has 0 aliphatic rings. The molecule has 0 saturated carbocycles. The Balaban J connectivity index is 2.21. The molecular weight excluding hydrogens is 264 g/mol. The fourth-order valence-corrected chi connectivity index (χ4v) is 1.61. The van der Waals surface area contributed by atoms with Gasteiger partial charge in [0.1, 0.15) is 11.4 Å². The number of hydrogen-bond donors (Lipinski definition) is 0. The highest BCUT2D eigenvalue weighted by atomic mass is 35.5. The van der Waals surface area contributed by atoms with Gasteiger partial charge in [-0.3, -0.25) is 14.8 Å². The van der Waals surface area contributed by atoms with Gasteiger partial charge in [-0.25, -0.2) is 0 Å². The summed E-state index contributed by atoms with van der Waals surface area (Å²) in [7, 11) is 0. The Bertz CT molecular complexity index is 570. The standard InChI is InChI=1S/C14H13ClN2O2/c1-2-5-19-12-6-10(7-16-9-12)14(18)13-4-3-11(15)8-17-13/h3-4,6-9H,2,5H2,1H3. The van der Waals surface area contributed by atoms with E-state index in [2.05, 4.69) is 9.97 Å². The number of halogens is 1. The Hall–Kier alpha value is -1.94. The van der Waals surface area contributed by atoms with Crippen molar-refractivity contribution in [3.05, 3.63) is 53.1 Å². The van der Waals surface area contributed by atoms with Crippen molar-refractivity contribution in [3.63, 3.8) is 0 Å². The van der Waals surface area contributed by atoms with Gasteiger partial charge in [-0.05, 0) is 24.6 Å². The molecule has 0 aliphatic heterocycles. The van der Waals surface area contributed by atoms with E-state index in [4.69, 9.17) is 16.3 Å². The van der Waals surface area contributed by atoms with Crippen molar-refractivity contribution in [1.82, 2.24) is 9.97 Å². The van der Waals surface area contributed by atoms with Crippen molar-refractivity contribution >= 4 is 17.4 Å². The number of carbonyl (C=O) groups excluding carboxylic acids is 1. The van der Waals surface area contributed by atoms with Crippen LogP contribution in [0.15, 0.2) is 36.8 Å². The smallest absolute Gasteiger partial charge is 0.213 e. The summed E-state index contributed by atoms with van der Waals surface area (Å²) >= 11 is 5.74. The molecular formula is C14H13ClN2O2. The number of ketones is 1. The van der Waals surface area contributed by atoms with Gasteiger partial charge in [0, 0.05) is 18.0 Å². The zero-order valence-electron chi connectivity index (χ0n) is 10.5. The molecule has 0 spiro atoms. The van der Waals surface area contributed by atoms with Crippen LogP contribution in [0.25, 0.3) is 0 Å². The van der Waals surface area contributed by atoms with E-state index >= 15 is 0 Å². The Morgan fingerprint density at radius 1 is 1.32 bits per heavy atom. The van der Waals surface area contributed by atoms with Crippen LogP contribution in [0.5, 0.6) is 5.75 Å². The minimum absolute atomic E-state index is 0.203. The number of pyridine rings is 2. The highest BCUT2D eigenvalue weighted by Crippen LogP contribution is 2.15. The van der Waals surface area contributed by atoms with E-state index in [0.29, 0.717) is 28.6 Å². The molecule has 0 amide bonds. The van der Waals surface area contributed by atoms with Crippen molar-refractivity contribution in [2.24, 2.45) is 0 Å². The van der Waals surface area contributed by atoms with Gasteiger partial charge in [0.25, 0.3) is 0 Å². The normalized spacial score (nSPS) is 10.2. The molecule has 0 N–H and O–H groups in total. The molecule has 4 nitrogen and oxygen atoms in total. The zero-order chi connectivity index (χ0) is 13.7. The molecule has 2 rings (SSSR count). The molecule has 98 valence electrons. The Morgan fingerprint density at radius 3 is 2.84 bits per heavy atom. The summed E-state index contributed by atoms with van der Waals surface area (Å²) in [6.45, 7) is 2.61. The first kappa shape index (κ1) is 13.5. The van der Waals surface area contributed by atoms with Crippen molar-refractivity contribution in [3.8, 4) is 5.75 Å². The van der Waals surface area contributed by atoms with E-state index in [1.807, 2.05) is 6.92 Å². The minimum Gasteiger partial charge on any atom is -0.492 e. The third-order valence-corrected chi connectivity index (χ3v) is 2.63. The zero-order valence-corrected chi connectivity index (χ0v) is 11.2. The number of ether oxygens (including phenoxy) is 1. The van der Waals surface area contributed by atoms with E-state index in [1.54, 1.807) is 24.4 Å². The lowest BCUT2D eigenvalue weighted by atomic mass is 10.1. The first-order valence-electron chi connectivity index (χ1n) is 5.95. The second-order valence-electron chi connectivity index (χ2n) is 3.95. The van der Waals surface area contributed by atoms with Crippen LogP contribution < -0.4 is 4.74 Å². The molecule has 0 unspecified atom stereocenters. The fraction of sp³-hybridized carbons (Fsp3) is 0.214. The summed E-state index contributed by atoms with van der Waals surface area (Å²) in [6, 6.07) is 4.89. The Labute approximate surface area is 116 Å². The molecule has 0 saturated heterocycles. The molecule has 5 heteroatoms. The number of hydrogen-bond acceptors (Lipinski definition) is 4. The molecule has 2 aromatic rings. The second kappa shape index (κ2) is 6.29. The van der Waals surface area contributed by atoms with Gasteiger partial charge in [0.15, 0.2) is 0 Å². The monoisotopic (exact) mass is 276 g/mol. The highest BCUT2D eigenvalue weighted by Gasteiger charge is 2.11. The molecule has 0 bridgehead atoms. The number of nitrogens with zero attached hydrogens (tertiary/aromatic N) is 2. The van der Waals surface area contributed by atoms with Crippen LogP contribution in [0.1, 0.15) is 29.4 Å². The summed E-state index contributed by atoms with van der Waals surface area (Å²) < 4.78 is 5.44. The molecule has 0 radical (unpaired) electrons. The molecule has 0 atom stereocenters. The summed E-state index contributed by atoms with van der Waals surface area (Å²) in [5, 5.41) is 0.495. The summed E-state index contributed by atoms with van der Waals surface area (Å²) in [4.78, 5) is 20.2. The predicted molar refractivity (Wildman–Crippen MR) is 72.7 cm³/mol. The molecule has 0 fully saturated rings. The maximum Gasteiger partial charge on any atom is 0.213 e. The number of rotatable bonds is 5. The highest BCUT2D eigenvalue weighted by molar-refractivity contribution is 6.30. The largest absolute Gasteiger partial charge is 0.492 e. The molecule has 2 aromatic heterocycles. The third kappa shape index (κ3) is 3.51. The summed E-state index contributed by atoms with van der Waals surface area (Å²) in [5.74, 6) is 0.382. The van der Waals surface area contributed by atoms with Gasteiger partial charge in [-0.15, -0.1) is 0 Å². The van der Waals surface area contributed by atoms with Gasteiger partial charge >= 0.3 is 0 Å². The third-order valence-electron chi connectivity index (χ3n) is 2.41. The quantitative estimate of drug-likeness (QED) is 0.787. The summed E-state index contributed by atoms with van der Waals surface area (Å²) in [5.41, 5.74) is 0.780. The van der Waals surface area contributed by atoms with Crippen LogP contribution in [0.4, 0.5) is 0 Å². The average Bonchev–Trinajstić information content (AvgIpc) is 2.45. The lowest BCUT2D eigenvalue weighted by Crippen LogP contribution is -2.05. The van der Waals surface area contributed by atoms with E-state index in [9.17, 15) is 4.79 Å². The van der Waals surface area contributed by atoms with Crippen molar-refractivity contribution < 1.29 is 9.53 Å². The van der Waals surface area contributed by atoms with Gasteiger partial charge in [0.2, 0.25) is 5.78 Å². The lowest BCUT2D eigenvalue weighted by Gasteiger charge is -2.05. The number of carbonyl (C=O) groups is 1. The fourth-order valence-electron chi connectivity index (χ4n) is 1.50. The molecule has 0 aromatic carbocycles. The Kier molecular flexibility index (Phi) is 4.47. The van der Waals surface area contributed by atoms with Crippen LogP contribution in [0.2, 0.25) is 5.02 Å². The van der Waals surface area contributed by atoms with E-state index in [1.165, 1.54) is 12.4 Å². The van der Waals surface area contributed by atoms with Crippen molar-refractivity contribution in [2.45, 2.75) is 13.3 Å².